The van der Waals surface area contributed by atoms with Crippen molar-refractivity contribution >= 4 is 17.4 Å². The zero-order valence-corrected chi connectivity index (χ0v) is 7.98. The molecule has 2 rings (SSSR count). The summed E-state index contributed by atoms with van der Waals surface area (Å²) in [5, 5.41) is 14.3. The number of halogens is 1. The molecule has 0 aromatic carbocycles. The molecule has 2 heterocycles. The van der Waals surface area contributed by atoms with E-state index >= 15 is 0 Å². The van der Waals surface area contributed by atoms with Gasteiger partial charge in [0, 0.05) is 6.61 Å². The zero-order valence-electron chi connectivity index (χ0n) is 7.22. The molecule has 6 nitrogen and oxygen atoms in total. The molecule has 1 aromatic heterocycles. The van der Waals surface area contributed by atoms with E-state index < -0.39 is 4.92 Å². The van der Waals surface area contributed by atoms with Crippen LogP contribution in [0.25, 0.3) is 0 Å². The molecule has 0 amide bonds. The average Bonchev–Trinajstić information content (AvgIpc) is 2.70. The monoisotopic (exact) mass is 217 g/mol. The molecule has 14 heavy (non-hydrogen) atoms. The minimum Gasteiger partial charge on any atom is -0.379 e. The first kappa shape index (κ1) is 9.42. The lowest BCUT2D eigenvalue weighted by Gasteiger charge is -2.01. The van der Waals surface area contributed by atoms with Gasteiger partial charge in [-0.1, -0.05) is 11.6 Å². The van der Waals surface area contributed by atoms with E-state index in [1.165, 1.54) is 10.9 Å². The Morgan fingerprint density at radius 2 is 2.57 bits per heavy atom. The maximum atomic E-state index is 10.5. The molecule has 1 fully saturated rings. The summed E-state index contributed by atoms with van der Waals surface area (Å²) in [7, 11) is 0. The van der Waals surface area contributed by atoms with Gasteiger partial charge in [0.15, 0.2) is 5.02 Å². The van der Waals surface area contributed by atoms with Crippen LogP contribution in [-0.4, -0.2) is 27.9 Å². The lowest BCUT2D eigenvalue weighted by molar-refractivity contribution is -0.389. The number of aromatic nitrogens is 2. The molecule has 1 unspecified atom stereocenters. The van der Waals surface area contributed by atoms with Gasteiger partial charge in [-0.15, -0.1) is 0 Å². The topological polar surface area (TPSA) is 70.2 Å². The average molecular weight is 218 g/mol. The number of rotatable bonds is 2. The summed E-state index contributed by atoms with van der Waals surface area (Å²) in [5.74, 6) is -0.293. The molecule has 0 saturated carbocycles. The number of hydrogen-bond acceptors (Lipinski definition) is 4. The Bertz CT molecular complexity index is 359. The van der Waals surface area contributed by atoms with E-state index in [1.54, 1.807) is 0 Å². The maximum absolute atomic E-state index is 10.5. The maximum Gasteiger partial charge on any atom is 0.408 e. The van der Waals surface area contributed by atoms with E-state index in [1.807, 2.05) is 0 Å². The number of nitro groups is 1. The Kier molecular flexibility index (Phi) is 2.39. The van der Waals surface area contributed by atoms with Gasteiger partial charge in [0.2, 0.25) is 0 Å². The molecule has 7 heteroatoms. The first-order valence-electron chi connectivity index (χ1n) is 4.15. The minimum atomic E-state index is -0.589. The fraction of sp³-hybridized carbons (Fsp3) is 0.571. The van der Waals surface area contributed by atoms with Gasteiger partial charge in [0.05, 0.1) is 23.9 Å². The van der Waals surface area contributed by atoms with Crippen molar-refractivity contribution in [1.82, 2.24) is 9.78 Å². The van der Waals surface area contributed by atoms with Crippen LogP contribution < -0.4 is 0 Å². The second kappa shape index (κ2) is 3.55. The van der Waals surface area contributed by atoms with Crippen molar-refractivity contribution in [2.75, 3.05) is 13.2 Å². The second-order valence-electron chi connectivity index (χ2n) is 3.06. The molecule has 0 bridgehead atoms. The summed E-state index contributed by atoms with van der Waals surface area (Å²) >= 11 is 5.65. The molecule has 76 valence electrons. The molecule has 0 N–H and O–H groups in total. The van der Waals surface area contributed by atoms with Crippen LogP contribution in [0.5, 0.6) is 0 Å². The molecule has 0 aliphatic carbocycles. The van der Waals surface area contributed by atoms with Crippen molar-refractivity contribution in [3.05, 3.63) is 21.3 Å². The predicted octanol–water partition coefficient (Wildman–Crippen LogP) is 1.41. The van der Waals surface area contributed by atoms with Crippen molar-refractivity contribution in [1.29, 1.82) is 0 Å². The summed E-state index contributed by atoms with van der Waals surface area (Å²) in [6, 6.07) is 0.0706. The van der Waals surface area contributed by atoms with Crippen LogP contribution in [0.4, 0.5) is 5.82 Å². The van der Waals surface area contributed by atoms with E-state index in [0.717, 1.165) is 6.42 Å². The van der Waals surface area contributed by atoms with Crippen molar-refractivity contribution < 1.29 is 9.66 Å². The Hall–Kier alpha value is -1.14. The van der Waals surface area contributed by atoms with Crippen LogP contribution in [0.2, 0.25) is 5.02 Å². The first-order valence-corrected chi connectivity index (χ1v) is 4.53. The molecule has 1 atom stereocenters. The third-order valence-corrected chi connectivity index (χ3v) is 2.39. The van der Waals surface area contributed by atoms with E-state index in [4.69, 9.17) is 16.3 Å². The van der Waals surface area contributed by atoms with E-state index in [9.17, 15) is 10.1 Å². The molecular weight excluding hydrogens is 210 g/mol. The Morgan fingerprint density at radius 3 is 3.07 bits per heavy atom. The number of hydrogen-bond donors (Lipinski definition) is 0. The fourth-order valence-electron chi connectivity index (χ4n) is 1.40. The highest BCUT2D eigenvalue weighted by Gasteiger charge is 2.26. The van der Waals surface area contributed by atoms with E-state index in [0.29, 0.717) is 13.2 Å². The molecule has 0 spiro atoms. The molecular formula is C7H8ClN3O3. The van der Waals surface area contributed by atoms with Crippen molar-refractivity contribution in [2.45, 2.75) is 12.5 Å². The zero-order chi connectivity index (χ0) is 10.1. The molecule has 1 aliphatic rings. The van der Waals surface area contributed by atoms with E-state index in [2.05, 4.69) is 5.10 Å². The van der Waals surface area contributed by atoms with Gasteiger partial charge in [-0.25, -0.2) is 0 Å². The lowest BCUT2D eigenvalue weighted by atomic mass is 10.3. The normalized spacial score (nSPS) is 21.4. The van der Waals surface area contributed by atoms with Gasteiger partial charge < -0.3 is 14.9 Å². The van der Waals surface area contributed by atoms with Crippen molar-refractivity contribution in [2.24, 2.45) is 0 Å². The van der Waals surface area contributed by atoms with E-state index in [-0.39, 0.29) is 16.9 Å². The molecule has 1 saturated heterocycles. The van der Waals surface area contributed by atoms with Gasteiger partial charge >= 0.3 is 5.82 Å². The lowest BCUT2D eigenvalue weighted by Crippen LogP contribution is -2.09. The summed E-state index contributed by atoms with van der Waals surface area (Å²) in [6.45, 7) is 1.20. The Morgan fingerprint density at radius 1 is 1.79 bits per heavy atom. The first-order chi connectivity index (χ1) is 6.68. The van der Waals surface area contributed by atoms with Gasteiger partial charge in [-0.3, -0.25) is 0 Å². The SMILES string of the molecule is O=[N+]([O-])c1nn(C2CCOC2)cc1Cl. The third-order valence-electron chi connectivity index (χ3n) is 2.12. The van der Waals surface area contributed by atoms with Crippen molar-refractivity contribution in [3.63, 3.8) is 0 Å². The Labute approximate surface area is 84.6 Å². The summed E-state index contributed by atoms with van der Waals surface area (Å²) < 4.78 is 6.65. The number of nitrogens with zero attached hydrogens (tertiary/aromatic N) is 3. The largest absolute Gasteiger partial charge is 0.408 e. The van der Waals surface area contributed by atoms with Crippen LogP contribution in [-0.2, 0) is 4.74 Å². The summed E-state index contributed by atoms with van der Waals surface area (Å²) in [4.78, 5) is 9.88. The van der Waals surface area contributed by atoms with Crippen LogP contribution in [0.3, 0.4) is 0 Å². The molecule has 0 radical (unpaired) electrons. The molecule has 1 aliphatic heterocycles. The second-order valence-corrected chi connectivity index (χ2v) is 3.46. The van der Waals surface area contributed by atoms with Crippen molar-refractivity contribution in [3.8, 4) is 0 Å². The molecule has 1 aromatic rings. The van der Waals surface area contributed by atoms with Gasteiger partial charge in [0.1, 0.15) is 0 Å². The quantitative estimate of drug-likeness (QED) is 0.555. The highest BCUT2D eigenvalue weighted by Crippen LogP contribution is 2.26. The standard InChI is InChI=1S/C7H8ClN3O3/c8-6-3-10(5-1-2-14-4-5)9-7(6)11(12)13/h3,5H,1-2,4H2. The van der Waals surface area contributed by atoms with Gasteiger partial charge in [0.25, 0.3) is 0 Å². The van der Waals surface area contributed by atoms with Crippen LogP contribution in [0.15, 0.2) is 6.20 Å². The predicted molar refractivity (Wildman–Crippen MR) is 48.4 cm³/mol. The van der Waals surface area contributed by atoms with Crippen LogP contribution in [0, 0.1) is 10.1 Å². The van der Waals surface area contributed by atoms with Crippen LogP contribution >= 0.6 is 11.6 Å². The third kappa shape index (κ3) is 1.58. The highest BCUT2D eigenvalue weighted by molar-refractivity contribution is 6.32. The number of ether oxygens (including phenoxy) is 1. The smallest absolute Gasteiger partial charge is 0.379 e. The summed E-state index contributed by atoms with van der Waals surface area (Å²) in [5.41, 5.74) is 0. The van der Waals surface area contributed by atoms with Crippen LogP contribution in [0.1, 0.15) is 12.5 Å². The summed E-state index contributed by atoms with van der Waals surface area (Å²) in [6.07, 6.45) is 2.29. The highest BCUT2D eigenvalue weighted by atomic mass is 35.5. The van der Waals surface area contributed by atoms with Gasteiger partial charge in [-0.05, 0) is 11.3 Å². The van der Waals surface area contributed by atoms with Gasteiger partial charge in [-0.2, -0.15) is 4.68 Å². The Balaban J connectivity index is 2.27. The fourth-order valence-corrected chi connectivity index (χ4v) is 1.61. The minimum absolute atomic E-state index is 0.0706.